The third kappa shape index (κ3) is 5.07. The summed E-state index contributed by atoms with van der Waals surface area (Å²) in [5.41, 5.74) is 2.29. The Kier molecular flexibility index (Phi) is 5.83. The summed E-state index contributed by atoms with van der Waals surface area (Å²) < 4.78 is 6.36. The highest BCUT2D eigenvalue weighted by Gasteiger charge is 2.08. The van der Waals surface area contributed by atoms with E-state index < -0.39 is 10.8 Å². The molecule has 1 N–H and O–H groups in total. The molecule has 0 aliphatic heterocycles. The van der Waals surface area contributed by atoms with Crippen LogP contribution in [0.15, 0.2) is 41.5 Å². The molecule has 1 amide bonds. The Labute approximate surface area is 143 Å². The van der Waals surface area contributed by atoms with E-state index in [1.54, 1.807) is 18.2 Å². The monoisotopic (exact) mass is 431 g/mol. The molecule has 114 valence electrons. The maximum absolute atomic E-state index is 11.5. The molecule has 0 saturated heterocycles. The zero-order valence-electron chi connectivity index (χ0n) is 11.1. The minimum atomic E-state index is -0.477. The van der Waals surface area contributed by atoms with Gasteiger partial charge in [-0.05, 0) is 52.9 Å². The molecule has 0 aliphatic rings. The largest absolute Gasteiger partial charge is 0.484 e. The zero-order chi connectivity index (χ0) is 15.9. The van der Waals surface area contributed by atoms with Gasteiger partial charge in [-0.15, -0.1) is 0 Å². The number of nitro groups is 1. The molecule has 0 radical (unpaired) electrons. The number of nitrogens with zero attached hydrogens (tertiary/aromatic N) is 2. The summed E-state index contributed by atoms with van der Waals surface area (Å²) in [6.45, 7) is -0.164. The molecule has 0 fully saturated rings. The molecule has 0 unspecified atom stereocenters. The van der Waals surface area contributed by atoms with Crippen LogP contribution >= 0.6 is 33.9 Å². The van der Waals surface area contributed by atoms with Crippen molar-refractivity contribution < 1.29 is 14.5 Å². The lowest BCUT2D eigenvalue weighted by molar-refractivity contribution is -0.380. The summed E-state index contributed by atoms with van der Waals surface area (Å²) >= 11 is 3.15. The van der Waals surface area contributed by atoms with Crippen molar-refractivity contribution in [1.82, 2.24) is 5.43 Å². The van der Waals surface area contributed by atoms with Gasteiger partial charge < -0.3 is 4.74 Å². The molecule has 1 heterocycles. The van der Waals surface area contributed by atoms with Crippen molar-refractivity contribution in [1.29, 1.82) is 0 Å². The first-order chi connectivity index (χ1) is 10.5. The van der Waals surface area contributed by atoms with Crippen LogP contribution in [-0.2, 0) is 4.79 Å². The van der Waals surface area contributed by atoms with Crippen molar-refractivity contribution in [2.24, 2.45) is 5.10 Å². The fraction of sp³-hybridized carbons (Fsp3) is 0.0769. The minimum Gasteiger partial charge on any atom is -0.484 e. The summed E-state index contributed by atoms with van der Waals surface area (Å²) in [5, 5.41) is 14.3. The molecular weight excluding hydrogens is 421 g/mol. The van der Waals surface area contributed by atoms with Gasteiger partial charge in [-0.3, -0.25) is 14.9 Å². The third-order valence-corrected chi connectivity index (χ3v) is 4.05. The van der Waals surface area contributed by atoms with Crippen LogP contribution in [0.1, 0.15) is 4.88 Å². The van der Waals surface area contributed by atoms with Crippen LogP contribution in [-0.4, -0.2) is 23.7 Å². The van der Waals surface area contributed by atoms with Crippen LogP contribution in [0.3, 0.4) is 0 Å². The summed E-state index contributed by atoms with van der Waals surface area (Å²) in [7, 11) is 0. The average molecular weight is 431 g/mol. The standard InChI is InChI=1S/C13H10IN3O4S/c14-9-1-3-10(4-2-9)21-8-12(18)16-15-7-11-5-6-13(22-11)17(19)20/h1-7H,8H2,(H,16,18)/b15-7+. The maximum Gasteiger partial charge on any atom is 0.324 e. The first kappa shape index (κ1) is 16.4. The number of thiophene rings is 1. The minimum absolute atomic E-state index is 0.0230. The van der Waals surface area contributed by atoms with Gasteiger partial charge in [-0.2, -0.15) is 5.10 Å². The average Bonchev–Trinajstić information content (AvgIpc) is 2.96. The molecule has 2 rings (SSSR count). The van der Waals surface area contributed by atoms with Crippen LogP contribution < -0.4 is 10.2 Å². The van der Waals surface area contributed by atoms with Gasteiger partial charge in [0, 0.05) is 9.64 Å². The van der Waals surface area contributed by atoms with E-state index in [0.717, 1.165) is 14.9 Å². The van der Waals surface area contributed by atoms with Crippen LogP contribution in [0.4, 0.5) is 5.00 Å². The Morgan fingerprint density at radius 3 is 2.73 bits per heavy atom. The van der Waals surface area contributed by atoms with E-state index in [1.165, 1.54) is 12.3 Å². The van der Waals surface area contributed by atoms with Gasteiger partial charge in [0.25, 0.3) is 5.91 Å². The molecule has 2 aromatic rings. The van der Waals surface area contributed by atoms with Crippen molar-refractivity contribution in [3.8, 4) is 5.75 Å². The van der Waals surface area contributed by atoms with E-state index in [-0.39, 0.29) is 11.6 Å². The first-order valence-corrected chi connectivity index (χ1v) is 7.88. The van der Waals surface area contributed by atoms with Crippen LogP contribution in [0.25, 0.3) is 0 Å². The molecule has 1 aromatic heterocycles. The van der Waals surface area contributed by atoms with Gasteiger partial charge in [0.15, 0.2) is 6.61 Å². The van der Waals surface area contributed by atoms with Gasteiger partial charge >= 0.3 is 5.00 Å². The Hall–Kier alpha value is -2.01. The lowest BCUT2D eigenvalue weighted by atomic mass is 10.3. The lowest BCUT2D eigenvalue weighted by Crippen LogP contribution is -2.24. The third-order valence-electron chi connectivity index (χ3n) is 2.36. The normalized spacial score (nSPS) is 10.6. The van der Waals surface area contributed by atoms with Crippen LogP contribution in [0.2, 0.25) is 0 Å². The number of hydrazone groups is 1. The number of carbonyl (C=O) groups is 1. The van der Waals surface area contributed by atoms with Gasteiger partial charge in [0.05, 0.1) is 16.0 Å². The van der Waals surface area contributed by atoms with E-state index >= 15 is 0 Å². The Balaban J connectivity index is 1.78. The SMILES string of the molecule is O=C(COc1ccc(I)cc1)N/N=C/c1ccc([N+](=O)[O-])s1. The van der Waals surface area contributed by atoms with E-state index in [1.807, 2.05) is 12.1 Å². The maximum atomic E-state index is 11.5. The van der Waals surface area contributed by atoms with Crippen molar-refractivity contribution in [2.45, 2.75) is 0 Å². The molecule has 9 heteroatoms. The second-order valence-corrected chi connectivity index (χ2v) is 6.31. The van der Waals surface area contributed by atoms with E-state index in [2.05, 4.69) is 33.1 Å². The quantitative estimate of drug-likeness (QED) is 0.330. The Bertz CT molecular complexity index is 700. The molecule has 7 nitrogen and oxygen atoms in total. The Morgan fingerprint density at radius 1 is 1.36 bits per heavy atom. The second kappa shape index (κ2) is 7.84. The molecule has 0 spiro atoms. The second-order valence-electron chi connectivity index (χ2n) is 3.97. The number of benzene rings is 1. The molecule has 0 atom stereocenters. The fourth-order valence-electron chi connectivity index (χ4n) is 1.39. The number of hydrogen-bond donors (Lipinski definition) is 1. The number of carbonyl (C=O) groups excluding carboxylic acids is 1. The van der Waals surface area contributed by atoms with Crippen molar-refractivity contribution >= 4 is 51.1 Å². The molecular formula is C13H10IN3O4S. The highest BCUT2D eigenvalue weighted by molar-refractivity contribution is 14.1. The van der Waals surface area contributed by atoms with Crippen molar-refractivity contribution in [2.75, 3.05) is 6.61 Å². The fourth-order valence-corrected chi connectivity index (χ4v) is 2.44. The Morgan fingerprint density at radius 2 is 2.09 bits per heavy atom. The number of amides is 1. The van der Waals surface area contributed by atoms with Gasteiger partial charge in [0.1, 0.15) is 5.75 Å². The molecule has 1 aromatic carbocycles. The number of hydrogen-bond acceptors (Lipinski definition) is 6. The predicted molar refractivity (Wildman–Crippen MR) is 91.4 cm³/mol. The molecule has 0 bridgehead atoms. The van der Waals surface area contributed by atoms with Gasteiger partial charge in [-0.25, -0.2) is 5.43 Å². The first-order valence-electron chi connectivity index (χ1n) is 5.99. The number of halogens is 1. The summed E-state index contributed by atoms with van der Waals surface area (Å²) in [4.78, 5) is 22.2. The number of rotatable bonds is 6. The van der Waals surface area contributed by atoms with Crippen molar-refractivity contribution in [3.63, 3.8) is 0 Å². The van der Waals surface area contributed by atoms with Gasteiger partial charge in [0.2, 0.25) is 0 Å². The predicted octanol–water partition coefficient (Wildman–Crippen LogP) is 2.79. The summed E-state index contributed by atoms with van der Waals surface area (Å²) in [6.07, 6.45) is 1.35. The smallest absolute Gasteiger partial charge is 0.324 e. The van der Waals surface area contributed by atoms with Crippen molar-refractivity contribution in [3.05, 3.63) is 55.0 Å². The van der Waals surface area contributed by atoms with E-state index in [0.29, 0.717) is 10.6 Å². The zero-order valence-corrected chi connectivity index (χ0v) is 14.0. The topological polar surface area (TPSA) is 93.8 Å². The lowest BCUT2D eigenvalue weighted by Gasteiger charge is -2.04. The number of ether oxygens (including phenoxy) is 1. The number of nitrogens with one attached hydrogen (secondary N) is 1. The molecule has 0 saturated carbocycles. The van der Waals surface area contributed by atoms with Crippen LogP contribution in [0, 0.1) is 13.7 Å². The molecule has 0 aliphatic carbocycles. The molecule has 22 heavy (non-hydrogen) atoms. The summed E-state index contributed by atoms with van der Waals surface area (Å²) in [5.74, 6) is 0.175. The highest BCUT2D eigenvalue weighted by atomic mass is 127. The summed E-state index contributed by atoms with van der Waals surface area (Å²) in [6, 6.07) is 10.2. The van der Waals surface area contributed by atoms with E-state index in [4.69, 9.17) is 4.74 Å². The van der Waals surface area contributed by atoms with Gasteiger partial charge in [-0.1, -0.05) is 11.3 Å². The van der Waals surface area contributed by atoms with Crippen LogP contribution in [0.5, 0.6) is 5.75 Å². The highest BCUT2D eigenvalue weighted by Crippen LogP contribution is 2.22. The van der Waals surface area contributed by atoms with E-state index in [9.17, 15) is 14.9 Å².